The average Bonchev–Trinajstić information content (AvgIpc) is 2.99. The largest absolute Gasteiger partial charge is 0.477 e. The Morgan fingerprint density at radius 3 is 2.16 bits per heavy atom. The first-order valence-electron chi connectivity index (χ1n) is 8.51. The van der Waals surface area contributed by atoms with Crippen LogP contribution < -0.4 is 9.80 Å². The number of rotatable bonds is 3. The number of para-hydroxylation sites is 1. The quantitative estimate of drug-likeness (QED) is 0.798. The summed E-state index contributed by atoms with van der Waals surface area (Å²) in [5, 5.41) is 10.3. The van der Waals surface area contributed by atoms with Crippen molar-refractivity contribution in [2.75, 3.05) is 36.0 Å². The lowest BCUT2D eigenvalue weighted by Crippen LogP contribution is -2.46. The molecule has 4 rings (SSSR count). The molecule has 1 aromatic heterocycles. The van der Waals surface area contributed by atoms with Crippen LogP contribution in [-0.4, -0.2) is 41.8 Å². The van der Waals surface area contributed by atoms with Gasteiger partial charge in [-0.15, -0.1) is 0 Å². The SMILES string of the molecule is Cn1c(C(=O)O)cc2cc(N3CCN(c4ccccc4)CC3)ccc21. The zero-order chi connectivity index (χ0) is 17.4. The summed E-state index contributed by atoms with van der Waals surface area (Å²) in [4.78, 5) is 16.1. The van der Waals surface area contributed by atoms with Crippen molar-refractivity contribution in [3.63, 3.8) is 0 Å². The van der Waals surface area contributed by atoms with Crippen LogP contribution in [0, 0.1) is 0 Å². The van der Waals surface area contributed by atoms with Gasteiger partial charge in [0, 0.05) is 55.5 Å². The number of anilines is 2. The van der Waals surface area contributed by atoms with Gasteiger partial charge in [0.1, 0.15) is 5.69 Å². The molecular weight excluding hydrogens is 314 g/mol. The van der Waals surface area contributed by atoms with E-state index in [0.717, 1.165) is 42.8 Å². The van der Waals surface area contributed by atoms with Crippen molar-refractivity contribution in [3.8, 4) is 0 Å². The lowest BCUT2D eigenvalue weighted by molar-refractivity contribution is 0.0687. The van der Waals surface area contributed by atoms with E-state index >= 15 is 0 Å². The molecule has 1 saturated heterocycles. The highest BCUT2D eigenvalue weighted by atomic mass is 16.4. The number of fused-ring (bicyclic) bond motifs is 1. The maximum Gasteiger partial charge on any atom is 0.352 e. The van der Waals surface area contributed by atoms with E-state index in [4.69, 9.17) is 0 Å². The van der Waals surface area contributed by atoms with Gasteiger partial charge in [-0.2, -0.15) is 0 Å². The van der Waals surface area contributed by atoms with E-state index in [-0.39, 0.29) is 0 Å². The lowest BCUT2D eigenvalue weighted by Gasteiger charge is -2.37. The molecule has 2 aromatic carbocycles. The maximum absolute atomic E-state index is 11.3. The van der Waals surface area contributed by atoms with Crippen molar-refractivity contribution in [2.45, 2.75) is 0 Å². The van der Waals surface area contributed by atoms with E-state index in [0.29, 0.717) is 5.69 Å². The van der Waals surface area contributed by atoms with Gasteiger partial charge in [0.15, 0.2) is 0 Å². The molecule has 0 bridgehead atoms. The summed E-state index contributed by atoms with van der Waals surface area (Å²) in [5.41, 5.74) is 3.69. The monoisotopic (exact) mass is 335 g/mol. The second-order valence-corrected chi connectivity index (χ2v) is 6.45. The molecule has 0 unspecified atom stereocenters. The summed E-state index contributed by atoms with van der Waals surface area (Å²) in [6.45, 7) is 3.88. The standard InChI is InChI=1S/C20H21N3O2/c1-21-18-8-7-17(13-15(18)14-19(21)20(24)25)23-11-9-22(10-12-23)16-5-3-2-4-6-16/h2-8,13-14H,9-12H2,1H3,(H,24,25). The van der Waals surface area contributed by atoms with Gasteiger partial charge in [0.25, 0.3) is 0 Å². The minimum absolute atomic E-state index is 0.320. The number of hydrogen-bond acceptors (Lipinski definition) is 3. The number of aromatic carboxylic acids is 1. The summed E-state index contributed by atoms with van der Waals surface area (Å²) in [6, 6.07) is 18.4. The summed E-state index contributed by atoms with van der Waals surface area (Å²) >= 11 is 0. The Morgan fingerprint density at radius 2 is 1.52 bits per heavy atom. The van der Waals surface area contributed by atoms with Crippen LogP contribution in [0.3, 0.4) is 0 Å². The molecular formula is C20H21N3O2. The molecule has 1 N–H and O–H groups in total. The van der Waals surface area contributed by atoms with Crippen molar-refractivity contribution in [3.05, 3.63) is 60.3 Å². The number of benzene rings is 2. The first kappa shape index (κ1) is 15.6. The fraction of sp³-hybridized carbons (Fsp3) is 0.250. The van der Waals surface area contributed by atoms with Gasteiger partial charge in [0.2, 0.25) is 0 Å². The highest BCUT2D eigenvalue weighted by Crippen LogP contribution is 2.26. The van der Waals surface area contributed by atoms with Gasteiger partial charge in [-0.25, -0.2) is 4.79 Å². The average molecular weight is 335 g/mol. The van der Waals surface area contributed by atoms with Crippen molar-refractivity contribution < 1.29 is 9.90 Å². The molecule has 0 saturated carbocycles. The van der Waals surface area contributed by atoms with Crippen LogP contribution in [0.2, 0.25) is 0 Å². The van der Waals surface area contributed by atoms with Crippen LogP contribution in [0.15, 0.2) is 54.6 Å². The predicted octanol–water partition coefficient (Wildman–Crippen LogP) is 3.20. The third-order valence-corrected chi connectivity index (χ3v) is 5.01. The molecule has 2 heterocycles. The van der Waals surface area contributed by atoms with Crippen LogP contribution in [0.25, 0.3) is 10.9 Å². The third kappa shape index (κ3) is 2.82. The van der Waals surface area contributed by atoms with E-state index in [1.54, 1.807) is 17.7 Å². The number of carboxylic acids is 1. The Morgan fingerprint density at radius 1 is 0.880 bits per heavy atom. The Balaban J connectivity index is 1.54. The fourth-order valence-electron chi connectivity index (χ4n) is 3.60. The van der Waals surface area contributed by atoms with Gasteiger partial charge in [-0.3, -0.25) is 0 Å². The van der Waals surface area contributed by atoms with Gasteiger partial charge >= 0.3 is 5.97 Å². The summed E-state index contributed by atoms with van der Waals surface area (Å²) in [6.07, 6.45) is 0. The number of aromatic nitrogens is 1. The summed E-state index contributed by atoms with van der Waals surface area (Å²) < 4.78 is 1.73. The number of piperazine rings is 1. The molecule has 0 aliphatic carbocycles. The fourth-order valence-corrected chi connectivity index (χ4v) is 3.60. The lowest BCUT2D eigenvalue weighted by atomic mass is 10.2. The van der Waals surface area contributed by atoms with Crippen molar-refractivity contribution in [2.24, 2.45) is 7.05 Å². The predicted molar refractivity (Wildman–Crippen MR) is 101 cm³/mol. The highest BCUT2D eigenvalue weighted by Gasteiger charge is 2.19. The zero-order valence-corrected chi connectivity index (χ0v) is 14.2. The second-order valence-electron chi connectivity index (χ2n) is 6.45. The Kier molecular flexibility index (Phi) is 3.84. The number of aryl methyl sites for hydroxylation is 1. The van der Waals surface area contributed by atoms with Crippen molar-refractivity contribution in [1.82, 2.24) is 4.57 Å². The number of hydrogen-bond donors (Lipinski definition) is 1. The minimum atomic E-state index is -0.892. The van der Waals surface area contributed by atoms with Gasteiger partial charge in [-0.1, -0.05) is 18.2 Å². The van der Waals surface area contributed by atoms with E-state index in [9.17, 15) is 9.90 Å². The first-order chi connectivity index (χ1) is 12.1. The normalized spacial score (nSPS) is 14.9. The highest BCUT2D eigenvalue weighted by molar-refractivity contribution is 5.95. The molecule has 0 radical (unpaired) electrons. The molecule has 25 heavy (non-hydrogen) atoms. The molecule has 128 valence electrons. The van der Waals surface area contributed by atoms with Gasteiger partial charge in [-0.05, 0) is 36.4 Å². The van der Waals surface area contributed by atoms with Crippen molar-refractivity contribution in [1.29, 1.82) is 0 Å². The van der Waals surface area contributed by atoms with Crippen LogP contribution in [-0.2, 0) is 7.05 Å². The Hall–Kier alpha value is -2.95. The zero-order valence-electron chi connectivity index (χ0n) is 14.2. The summed E-state index contributed by atoms with van der Waals surface area (Å²) in [5.74, 6) is -0.892. The Bertz CT molecular complexity index is 909. The molecule has 5 nitrogen and oxygen atoms in total. The van der Waals surface area contributed by atoms with Gasteiger partial charge in [0.05, 0.1) is 0 Å². The summed E-state index contributed by atoms with van der Waals surface area (Å²) in [7, 11) is 1.80. The van der Waals surface area contributed by atoms with Crippen LogP contribution in [0.5, 0.6) is 0 Å². The Labute approximate surface area is 146 Å². The molecule has 1 aliphatic rings. The van der Waals surface area contributed by atoms with Crippen LogP contribution in [0.4, 0.5) is 11.4 Å². The molecule has 0 amide bonds. The van der Waals surface area contributed by atoms with E-state index in [1.165, 1.54) is 5.69 Å². The first-order valence-corrected chi connectivity index (χ1v) is 8.51. The molecule has 3 aromatic rings. The molecule has 0 atom stereocenters. The number of carbonyl (C=O) groups is 1. The van der Waals surface area contributed by atoms with Crippen LogP contribution >= 0.6 is 0 Å². The number of carboxylic acid groups (broad SMARTS) is 1. The van der Waals surface area contributed by atoms with Crippen LogP contribution in [0.1, 0.15) is 10.5 Å². The minimum Gasteiger partial charge on any atom is -0.477 e. The van der Waals surface area contributed by atoms with Crippen molar-refractivity contribution >= 4 is 28.2 Å². The topological polar surface area (TPSA) is 48.7 Å². The molecule has 1 fully saturated rings. The third-order valence-electron chi connectivity index (χ3n) is 5.01. The molecule has 1 aliphatic heterocycles. The molecule has 5 heteroatoms. The van der Waals surface area contributed by atoms with E-state index < -0.39 is 5.97 Å². The molecule has 0 spiro atoms. The second kappa shape index (κ2) is 6.16. The maximum atomic E-state index is 11.3. The van der Waals surface area contributed by atoms with Gasteiger partial charge < -0.3 is 19.5 Å². The number of nitrogens with zero attached hydrogens (tertiary/aromatic N) is 3. The van der Waals surface area contributed by atoms with E-state index in [2.05, 4.69) is 46.2 Å². The smallest absolute Gasteiger partial charge is 0.352 e. The van der Waals surface area contributed by atoms with E-state index in [1.807, 2.05) is 12.1 Å².